The fraction of sp³-hybridized carbons (Fsp3) is 0.867. The molecule has 0 aromatic rings. The lowest BCUT2D eigenvalue weighted by atomic mass is 9.91. The van der Waals surface area contributed by atoms with Crippen molar-refractivity contribution in [3.63, 3.8) is 0 Å². The molecular weight excluding hydrogens is 194 g/mol. The molecule has 0 spiro atoms. The highest BCUT2D eigenvalue weighted by molar-refractivity contribution is 4.85. The quantitative estimate of drug-likeness (QED) is 0.513. The molecule has 16 heavy (non-hydrogen) atoms. The van der Waals surface area contributed by atoms with Gasteiger partial charge in [-0.1, -0.05) is 26.7 Å². The van der Waals surface area contributed by atoms with Gasteiger partial charge < -0.3 is 5.32 Å². The lowest BCUT2D eigenvalue weighted by Crippen LogP contribution is -2.28. The zero-order chi connectivity index (χ0) is 11.8. The lowest BCUT2D eigenvalue weighted by Gasteiger charge is -2.20. The summed E-state index contributed by atoms with van der Waals surface area (Å²) in [6.45, 7) is 6.92. The van der Waals surface area contributed by atoms with Gasteiger partial charge in [-0.15, -0.1) is 12.3 Å². The molecule has 2 atom stereocenters. The van der Waals surface area contributed by atoms with Gasteiger partial charge in [-0.3, -0.25) is 0 Å². The monoisotopic (exact) mass is 221 g/mol. The second-order valence-corrected chi connectivity index (χ2v) is 5.60. The summed E-state index contributed by atoms with van der Waals surface area (Å²) in [5.74, 6) is 5.37. The van der Waals surface area contributed by atoms with Crippen molar-refractivity contribution in [3.05, 3.63) is 0 Å². The number of hydrogen-bond donors (Lipinski definition) is 1. The SMILES string of the molecule is C#CCCCC1CCCC1CNCC(C)C. The maximum Gasteiger partial charge on any atom is 0.00861 e. The summed E-state index contributed by atoms with van der Waals surface area (Å²) >= 11 is 0. The molecule has 0 aromatic carbocycles. The van der Waals surface area contributed by atoms with E-state index in [1.165, 1.54) is 38.6 Å². The van der Waals surface area contributed by atoms with Crippen molar-refractivity contribution in [3.8, 4) is 12.3 Å². The van der Waals surface area contributed by atoms with Crippen molar-refractivity contribution in [1.82, 2.24) is 5.32 Å². The molecule has 1 nitrogen and oxygen atoms in total. The third-order valence-electron chi connectivity index (χ3n) is 3.67. The molecule has 1 N–H and O–H groups in total. The van der Waals surface area contributed by atoms with Crippen LogP contribution in [0.1, 0.15) is 52.4 Å². The van der Waals surface area contributed by atoms with Gasteiger partial charge in [0, 0.05) is 6.42 Å². The Hall–Kier alpha value is -0.480. The summed E-state index contributed by atoms with van der Waals surface area (Å²) < 4.78 is 0. The van der Waals surface area contributed by atoms with Crippen LogP contribution in [0.4, 0.5) is 0 Å². The van der Waals surface area contributed by atoms with Gasteiger partial charge in [-0.05, 0) is 50.1 Å². The number of unbranched alkanes of at least 4 members (excludes halogenated alkanes) is 1. The van der Waals surface area contributed by atoms with E-state index in [0.29, 0.717) is 0 Å². The smallest absolute Gasteiger partial charge is 0.00861 e. The van der Waals surface area contributed by atoms with E-state index < -0.39 is 0 Å². The van der Waals surface area contributed by atoms with Crippen LogP contribution < -0.4 is 5.32 Å². The molecule has 0 aliphatic heterocycles. The minimum atomic E-state index is 0.765. The van der Waals surface area contributed by atoms with Crippen LogP contribution >= 0.6 is 0 Å². The highest BCUT2D eigenvalue weighted by atomic mass is 14.9. The minimum absolute atomic E-state index is 0.765. The van der Waals surface area contributed by atoms with Crippen LogP contribution in [0.5, 0.6) is 0 Å². The van der Waals surface area contributed by atoms with E-state index in [1.807, 2.05) is 0 Å². The van der Waals surface area contributed by atoms with E-state index in [0.717, 1.165) is 30.7 Å². The lowest BCUT2D eigenvalue weighted by molar-refractivity contribution is 0.336. The first-order valence-corrected chi connectivity index (χ1v) is 6.88. The fourth-order valence-corrected chi connectivity index (χ4v) is 2.79. The summed E-state index contributed by atoms with van der Waals surface area (Å²) in [7, 11) is 0. The molecule has 0 aromatic heterocycles. The van der Waals surface area contributed by atoms with Crippen molar-refractivity contribution in [2.45, 2.75) is 52.4 Å². The first kappa shape index (κ1) is 13.6. The van der Waals surface area contributed by atoms with Crippen LogP contribution in [0.3, 0.4) is 0 Å². The molecular formula is C15H27N. The standard InChI is InChI=1S/C15H27N/c1-4-5-6-8-14-9-7-10-15(14)12-16-11-13(2)3/h1,13-16H,5-12H2,2-3H3. The van der Waals surface area contributed by atoms with Gasteiger partial charge in [0.05, 0.1) is 0 Å². The van der Waals surface area contributed by atoms with E-state index in [4.69, 9.17) is 6.42 Å². The van der Waals surface area contributed by atoms with Gasteiger partial charge in [-0.25, -0.2) is 0 Å². The predicted molar refractivity (Wildman–Crippen MR) is 71.2 cm³/mol. The van der Waals surface area contributed by atoms with E-state index in [2.05, 4.69) is 25.1 Å². The fourth-order valence-electron chi connectivity index (χ4n) is 2.79. The molecule has 1 aliphatic rings. The average Bonchev–Trinajstić information content (AvgIpc) is 2.66. The van der Waals surface area contributed by atoms with Gasteiger partial charge in [0.2, 0.25) is 0 Å². The molecule has 2 unspecified atom stereocenters. The Morgan fingerprint density at radius 1 is 1.31 bits per heavy atom. The van der Waals surface area contributed by atoms with Gasteiger partial charge in [0.15, 0.2) is 0 Å². The molecule has 92 valence electrons. The predicted octanol–water partition coefficient (Wildman–Crippen LogP) is 3.45. The van der Waals surface area contributed by atoms with Crippen molar-refractivity contribution in [1.29, 1.82) is 0 Å². The van der Waals surface area contributed by atoms with E-state index in [1.54, 1.807) is 0 Å². The molecule has 1 aliphatic carbocycles. The summed E-state index contributed by atoms with van der Waals surface area (Å²) in [6.07, 6.45) is 13.1. The van der Waals surface area contributed by atoms with E-state index >= 15 is 0 Å². The van der Waals surface area contributed by atoms with Crippen LogP contribution in [0.15, 0.2) is 0 Å². The van der Waals surface area contributed by atoms with Crippen LogP contribution in [-0.2, 0) is 0 Å². The Morgan fingerprint density at radius 3 is 2.75 bits per heavy atom. The van der Waals surface area contributed by atoms with Gasteiger partial charge >= 0.3 is 0 Å². The van der Waals surface area contributed by atoms with Crippen LogP contribution in [0.25, 0.3) is 0 Å². The largest absolute Gasteiger partial charge is 0.316 e. The first-order chi connectivity index (χ1) is 7.74. The minimum Gasteiger partial charge on any atom is -0.316 e. The van der Waals surface area contributed by atoms with Gasteiger partial charge in [-0.2, -0.15) is 0 Å². The van der Waals surface area contributed by atoms with Crippen LogP contribution in [0.2, 0.25) is 0 Å². The summed E-state index contributed by atoms with van der Waals surface area (Å²) in [4.78, 5) is 0. The second kappa shape index (κ2) is 7.74. The second-order valence-electron chi connectivity index (χ2n) is 5.60. The van der Waals surface area contributed by atoms with E-state index in [9.17, 15) is 0 Å². The molecule has 0 amide bonds. The normalized spacial score (nSPS) is 24.9. The van der Waals surface area contributed by atoms with Crippen LogP contribution in [0, 0.1) is 30.1 Å². The molecule has 1 rings (SSSR count). The molecule has 1 fully saturated rings. The summed E-state index contributed by atoms with van der Waals surface area (Å²) in [5.41, 5.74) is 0. The van der Waals surface area contributed by atoms with Gasteiger partial charge in [0.25, 0.3) is 0 Å². The molecule has 1 saturated carbocycles. The maximum atomic E-state index is 5.30. The Bertz CT molecular complexity index is 214. The van der Waals surface area contributed by atoms with Gasteiger partial charge in [0.1, 0.15) is 0 Å². The molecule has 0 bridgehead atoms. The average molecular weight is 221 g/mol. The molecule has 1 heteroatoms. The highest BCUT2D eigenvalue weighted by Crippen LogP contribution is 2.34. The topological polar surface area (TPSA) is 12.0 Å². The first-order valence-electron chi connectivity index (χ1n) is 6.88. The van der Waals surface area contributed by atoms with Crippen molar-refractivity contribution >= 4 is 0 Å². The third-order valence-corrected chi connectivity index (χ3v) is 3.67. The zero-order valence-electron chi connectivity index (χ0n) is 11.0. The highest BCUT2D eigenvalue weighted by Gasteiger charge is 2.25. The summed E-state index contributed by atoms with van der Waals surface area (Å²) in [5, 5.41) is 3.61. The zero-order valence-corrected chi connectivity index (χ0v) is 11.0. The Labute approximate surface area is 101 Å². The van der Waals surface area contributed by atoms with Crippen LogP contribution in [-0.4, -0.2) is 13.1 Å². The number of hydrogen-bond acceptors (Lipinski definition) is 1. The number of nitrogens with one attached hydrogen (secondary N) is 1. The Balaban J connectivity index is 2.16. The molecule has 0 saturated heterocycles. The number of rotatable bonds is 7. The molecule has 0 radical (unpaired) electrons. The van der Waals surface area contributed by atoms with Crippen molar-refractivity contribution in [2.24, 2.45) is 17.8 Å². The molecule has 0 heterocycles. The third kappa shape index (κ3) is 5.03. The Morgan fingerprint density at radius 2 is 2.06 bits per heavy atom. The van der Waals surface area contributed by atoms with E-state index in [-0.39, 0.29) is 0 Å². The number of terminal acetylenes is 1. The van der Waals surface area contributed by atoms with Crippen molar-refractivity contribution < 1.29 is 0 Å². The Kier molecular flexibility index (Phi) is 6.57. The maximum absolute atomic E-state index is 5.30. The summed E-state index contributed by atoms with van der Waals surface area (Å²) in [6, 6.07) is 0. The van der Waals surface area contributed by atoms with Crippen molar-refractivity contribution in [2.75, 3.05) is 13.1 Å².